The van der Waals surface area contributed by atoms with Gasteiger partial charge in [0.2, 0.25) is 0 Å². The number of hydrogen-bond donors (Lipinski definition) is 2. The van der Waals surface area contributed by atoms with Crippen molar-refractivity contribution in [3.8, 4) is 0 Å². The third-order valence-electron chi connectivity index (χ3n) is 8.86. The van der Waals surface area contributed by atoms with E-state index in [0.29, 0.717) is 29.6 Å². The fourth-order valence-corrected chi connectivity index (χ4v) is 7.69. The van der Waals surface area contributed by atoms with Gasteiger partial charge in [-0.1, -0.05) is 25.2 Å². The van der Waals surface area contributed by atoms with Gasteiger partial charge in [-0.3, -0.25) is 0 Å². The molecule has 5 aliphatic carbocycles. The normalized spacial score (nSPS) is 51.7. The van der Waals surface area contributed by atoms with E-state index in [2.05, 4.69) is 19.1 Å². The van der Waals surface area contributed by atoms with Crippen LogP contribution in [0, 0.1) is 40.9 Å². The topological polar surface area (TPSA) is 49.7 Å². The summed E-state index contributed by atoms with van der Waals surface area (Å²) in [6.45, 7) is 2.36. The van der Waals surface area contributed by atoms with Crippen LogP contribution >= 0.6 is 0 Å². The fraction of sp³-hybridized carbons (Fsp3) is 0.739. The highest BCUT2D eigenvalue weighted by atomic mass is 16.5. The molecule has 5 aliphatic rings. The second-order valence-corrected chi connectivity index (χ2v) is 9.63. The Kier molecular flexibility index (Phi) is 3.75. The van der Waals surface area contributed by atoms with Gasteiger partial charge in [0.05, 0.1) is 25.1 Å². The first-order valence-corrected chi connectivity index (χ1v) is 10.5. The van der Waals surface area contributed by atoms with E-state index in [1.807, 2.05) is 6.08 Å². The second kappa shape index (κ2) is 5.72. The van der Waals surface area contributed by atoms with Crippen LogP contribution in [0.4, 0.5) is 0 Å². The zero-order valence-electron chi connectivity index (χ0n) is 16.0. The summed E-state index contributed by atoms with van der Waals surface area (Å²) in [5.41, 5.74) is 0.773. The van der Waals surface area contributed by atoms with E-state index in [0.717, 1.165) is 30.9 Å². The zero-order chi connectivity index (χ0) is 18.1. The maximum absolute atomic E-state index is 11.6. The van der Waals surface area contributed by atoms with E-state index in [1.165, 1.54) is 24.8 Å². The Morgan fingerprint density at radius 3 is 2.88 bits per heavy atom. The Morgan fingerprint density at radius 2 is 2.12 bits per heavy atom. The number of hydrogen-bond acceptors (Lipinski definition) is 3. The van der Waals surface area contributed by atoms with Crippen LogP contribution in [-0.2, 0) is 4.74 Å². The van der Waals surface area contributed by atoms with Gasteiger partial charge in [0.15, 0.2) is 0 Å². The zero-order valence-corrected chi connectivity index (χ0v) is 16.0. The molecule has 5 rings (SSSR count). The van der Waals surface area contributed by atoms with Crippen molar-refractivity contribution in [1.82, 2.24) is 0 Å². The Morgan fingerprint density at radius 1 is 1.27 bits per heavy atom. The lowest BCUT2D eigenvalue weighted by Gasteiger charge is -2.56. The maximum atomic E-state index is 11.6. The van der Waals surface area contributed by atoms with Crippen molar-refractivity contribution in [1.29, 1.82) is 0 Å². The van der Waals surface area contributed by atoms with Crippen LogP contribution in [0.15, 0.2) is 35.6 Å². The minimum atomic E-state index is -0.713. The molecule has 2 N–H and O–H groups in total. The summed E-state index contributed by atoms with van der Waals surface area (Å²) in [6, 6.07) is 0. The van der Waals surface area contributed by atoms with Gasteiger partial charge in [-0.05, 0) is 79.3 Å². The average molecular weight is 357 g/mol. The molecule has 3 saturated carbocycles. The standard InChI is InChI=1S/C23H32O3/c1-22-10-8-17-16-7-5-15(26-2)12-14(16)4-6-18(17)21(22)19-13-20(19)23(22,25)9-3-11-24/h3-4,9,12,16-21,24-25H,5-8,10-11,13H2,1-2H3/b9-3-/t16-,17?,18?,19+,20-,21?,22-,23-/m0/s1. The Labute approximate surface area is 156 Å². The monoisotopic (exact) mass is 356 g/mol. The van der Waals surface area contributed by atoms with Crippen LogP contribution in [0.1, 0.15) is 45.4 Å². The van der Waals surface area contributed by atoms with Crippen LogP contribution in [0.25, 0.3) is 0 Å². The lowest BCUT2D eigenvalue weighted by molar-refractivity contribution is -0.108. The molecule has 0 radical (unpaired) electrons. The number of allylic oxidation sites excluding steroid dienone is 4. The summed E-state index contributed by atoms with van der Waals surface area (Å²) in [6.07, 6.45) is 15.5. The molecule has 3 heteroatoms. The molecular formula is C23H32O3. The number of fused-ring (bicyclic) bond motifs is 7. The van der Waals surface area contributed by atoms with Crippen molar-refractivity contribution in [3.63, 3.8) is 0 Å². The minimum absolute atomic E-state index is 0.0227. The molecule has 26 heavy (non-hydrogen) atoms. The van der Waals surface area contributed by atoms with E-state index in [1.54, 1.807) is 13.2 Å². The fourth-order valence-electron chi connectivity index (χ4n) is 7.69. The first-order valence-electron chi connectivity index (χ1n) is 10.5. The van der Waals surface area contributed by atoms with E-state index in [9.17, 15) is 10.2 Å². The van der Waals surface area contributed by atoms with E-state index in [4.69, 9.17) is 4.74 Å². The predicted octanol–water partition coefficient (Wildman–Crippen LogP) is 3.83. The van der Waals surface area contributed by atoms with Gasteiger partial charge in [-0.2, -0.15) is 0 Å². The third kappa shape index (κ3) is 2.08. The van der Waals surface area contributed by atoms with Gasteiger partial charge in [0.25, 0.3) is 0 Å². The van der Waals surface area contributed by atoms with Crippen LogP contribution in [0.5, 0.6) is 0 Å². The molecule has 0 aromatic rings. The Balaban J connectivity index is 1.48. The Hall–Kier alpha value is -1.06. The molecule has 8 atom stereocenters. The van der Waals surface area contributed by atoms with Gasteiger partial charge < -0.3 is 14.9 Å². The summed E-state index contributed by atoms with van der Waals surface area (Å²) < 4.78 is 5.51. The van der Waals surface area contributed by atoms with Crippen molar-refractivity contribution in [2.45, 2.75) is 51.0 Å². The second-order valence-electron chi connectivity index (χ2n) is 9.63. The van der Waals surface area contributed by atoms with Crippen LogP contribution in [-0.4, -0.2) is 29.5 Å². The molecule has 0 saturated heterocycles. The largest absolute Gasteiger partial charge is 0.501 e. The maximum Gasteiger partial charge on any atom is 0.0958 e. The van der Waals surface area contributed by atoms with E-state index < -0.39 is 5.60 Å². The molecule has 3 unspecified atom stereocenters. The van der Waals surface area contributed by atoms with Gasteiger partial charge in [-0.15, -0.1) is 0 Å². The minimum Gasteiger partial charge on any atom is -0.501 e. The van der Waals surface area contributed by atoms with Gasteiger partial charge >= 0.3 is 0 Å². The summed E-state index contributed by atoms with van der Waals surface area (Å²) in [4.78, 5) is 0. The highest BCUT2D eigenvalue weighted by Crippen LogP contribution is 2.75. The number of aliphatic hydroxyl groups is 2. The van der Waals surface area contributed by atoms with E-state index in [-0.39, 0.29) is 12.0 Å². The molecule has 0 aromatic heterocycles. The molecule has 3 nitrogen and oxygen atoms in total. The van der Waals surface area contributed by atoms with Crippen molar-refractivity contribution in [2.24, 2.45) is 40.9 Å². The van der Waals surface area contributed by atoms with Crippen LogP contribution < -0.4 is 0 Å². The number of methoxy groups -OCH3 is 1. The van der Waals surface area contributed by atoms with Crippen LogP contribution in [0.2, 0.25) is 0 Å². The smallest absolute Gasteiger partial charge is 0.0958 e. The average Bonchev–Trinajstić information content (AvgIpc) is 3.42. The molecule has 3 fully saturated rings. The first kappa shape index (κ1) is 17.1. The molecule has 0 amide bonds. The summed E-state index contributed by atoms with van der Waals surface area (Å²) in [7, 11) is 1.79. The first-order chi connectivity index (χ1) is 12.5. The highest BCUT2D eigenvalue weighted by molar-refractivity contribution is 5.35. The lowest BCUT2D eigenvalue weighted by Crippen LogP contribution is -2.54. The third-order valence-corrected chi connectivity index (χ3v) is 8.86. The summed E-state index contributed by atoms with van der Waals surface area (Å²) >= 11 is 0. The number of rotatable bonds is 3. The van der Waals surface area contributed by atoms with Crippen molar-refractivity contribution >= 4 is 0 Å². The quantitative estimate of drug-likeness (QED) is 0.756. The van der Waals surface area contributed by atoms with Gasteiger partial charge in [0.1, 0.15) is 0 Å². The van der Waals surface area contributed by atoms with Gasteiger partial charge in [0, 0.05) is 11.8 Å². The summed E-state index contributed by atoms with van der Waals surface area (Å²) in [5, 5.41) is 20.9. The Bertz CT molecular complexity index is 692. The van der Waals surface area contributed by atoms with Crippen LogP contribution in [0.3, 0.4) is 0 Å². The van der Waals surface area contributed by atoms with Crippen molar-refractivity contribution in [3.05, 3.63) is 35.6 Å². The highest BCUT2D eigenvalue weighted by Gasteiger charge is 2.74. The molecule has 0 aliphatic heterocycles. The number of aliphatic hydroxyl groups excluding tert-OH is 1. The summed E-state index contributed by atoms with van der Waals surface area (Å²) in [5.74, 6) is 5.04. The van der Waals surface area contributed by atoms with Crippen molar-refractivity contribution in [2.75, 3.05) is 13.7 Å². The van der Waals surface area contributed by atoms with E-state index >= 15 is 0 Å². The SMILES string of the molecule is COC1=CC2=CCC3C(CC[C@@]4(C)C3[C@@H]3C[C@@H]3[C@@]4(O)/C=C\CO)[C@H]2CC1. The molecule has 0 spiro atoms. The number of ether oxygens (including phenoxy) is 1. The molecular weight excluding hydrogens is 324 g/mol. The predicted molar refractivity (Wildman–Crippen MR) is 101 cm³/mol. The molecule has 0 heterocycles. The van der Waals surface area contributed by atoms with Crippen molar-refractivity contribution < 1.29 is 14.9 Å². The molecule has 0 bridgehead atoms. The molecule has 0 aromatic carbocycles. The van der Waals surface area contributed by atoms with Gasteiger partial charge in [-0.25, -0.2) is 0 Å². The lowest BCUT2D eigenvalue weighted by atomic mass is 9.50. The molecule has 142 valence electrons.